The average Bonchev–Trinajstić information content (AvgIpc) is 2.65. The van der Waals surface area contributed by atoms with Crippen LogP contribution in [0.15, 0.2) is 0 Å². The van der Waals surface area contributed by atoms with E-state index >= 15 is 0 Å². The molecule has 0 fully saturated rings. The van der Waals surface area contributed by atoms with E-state index in [0.29, 0.717) is 6.54 Å². The van der Waals surface area contributed by atoms with Gasteiger partial charge in [0.05, 0.1) is 16.4 Å². The molecule has 0 radical (unpaired) electrons. The molecule has 6 heteroatoms. The van der Waals surface area contributed by atoms with Gasteiger partial charge >= 0.3 is 0 Å². The minimum atomic E-state index is -0.795. The largest absolute Gasteiger partial charge is 0.310 e. The van der Waals surface area contributed by atoms with E-state index in [1.165, 1.54) is 0 Å². The molecule has 2 unspecified atom stereocenters. The van der Waals surface area contributed by atoms with Crippen molar-refractivity contribution in [3.63, 3.8) is 0 Å². The predicted octanol–water partition coefficient (Wildman–Crippen LogP) is 1.98. The summed E-state index contributed by atoms with van der Waals surface area (Å²) >= 11 is 6.30. The lowest BCUT2D eigenvalue weighted by atomic mass is 10.3. The second-order valence-corrected chi connectivity index (χ2v) is 6.50. The van der Waals surface area contributed by atoms with Gasteiger partial charge < -0.3 is 5.32 Å². The maximum atomic E-state index is 11.3. The van der Waals surface area contributed by atoms with Crippen molar-refractivity contribution in [3.05, 3.63) is 16.4 Å². The fourth-order valence-electron chi connectivity index (χ4n) is 1.70. The second kappa shape index (κ2) is 7.26. The highest BCUT2D eigenvalue weighted by molar-refractivity contribution is 7.84. The summed E-state index contributed by atoms with van der Waals surface area (Å²) < 4.78 is 13.2. The van der Waals surface area contributed by atoms with Gasteiger partial charge in [-0.15, -0.1) is 0 Å². The quantitative estimate of drug-likeness (QED) is 0.835. The average molecular weight is 292 g/mol. The number of aryl methyl sites for hydroxylation is 2. The summed E-state index contributed by atoms with van der Waals surface area (Å²) in [4.78, 5) is 0. The molecule has 0 bridgehead atoms. The minimum absolute atomic E-state index is 0.146. The summed E-state index contributed by atoms with van der Waals surface area (Å²) in [6.45, 7) is 8.27. The van der Waals surface area contributed by atoms with Crippen LogP contribution in [-0.2, 0) is 30.3 Å². The van der Waals surface area contributed by atoms with Crippen molar-refractivity contribution in [2.24, 2.45) is 0 Å². The van der Waals surface area contributed by atoms with Gasteiger partial charge in [0, 0.05) is 41.9 Å². The molecule has 1 aromatic rings. The maximum Gasteiger partial charge on any atom is 0.0863 e. The SMILES string of the molecule is CCc1nn(CC)c(CNCC(C)S(C)=O)c1Cl. The Bertz CT molecular complexity index is 420. The predicted molar refractivity (Wildman–Crippen MR) is 77.5 cm³/mol. The lowest BCUT2D eigenvalue weighted by Gasteiger charge is -2.11. The molecule has 0 aliphatic heterocycles. The molecule has 18 heavy (non-hydrogen) atoms. The molecule has 1 heterocycles. The summed E-state index contributed by atoms with van der Waals surface area (Å²) in [7, 11) is -0.795. The normalized spacial score (nSPS) is 14.7. The zero-order valence-corrected chi connectivity index (χ0v) is 13.1. The molecule has 0 aromatic carbocycles. The van der Waals surface area contributed by atoms with Gasteiger partial charge in [-0.1, -0.05) is 18.5 Å². The summed E-state index contributed by atoms with van der Waals surface area (Å²) in [5.41, 5.74) is 1.97. The van der Waals surface area contributed by atoms with Crippen LogP contribution >= 0.6 is 11.6 Å². The van der Waals surface area contributed by atoms with Crippen LogP contribution < -0.4 is 5.32 Å². The number of rotatable bonds is 7. The highest BCUT2D eigenvalue weighted by Gasteiger charge is 2.14. The van der Waals surface area contributed by atoms with Crippen LogP contribution in [0.2, 0.25) is 5.02 Å². The highest BCUT2D eigenvalue weighted by Crippen LogP contribution is 2.21. The first-order chi connectivity index (χ1) is 8.51. The van der Waals surface area contributed by atoms with Crippen LogP contribution in [0.25, 0.3) is 0 Å². The third-order valence-electron chi connectivity index (χ3n) is 2.99. The van der Waals surface area contributed by atoms with Crippen LogP contribution in [-0.4, -0.2) is 32.0 Å². The van der Waals surface area contributed by atoms with E-state index < -0.39 is 10.8 Å². The Morgan fingerprint density at radius 2 is 2.17 bits per heavy atom. The van der Waals surface area contributed by atoms with E-state index in [-0.39, 0.29) is 5.25 Å². The first-order valence-corrected chi connectivity index (χ1v) is 8.28. The Hall–Kier alpha value is -0.390. The molecule has 104 valence electrons. The van der Waals surface area contributed by atoms with E-state index in [1.807, 2.05) is 18.5 Å². The Balaban J connectivity index is 2.66. The van der Waals surface area contributed by atoms with Gasteiger partial charge in [-0.05, 0) is 20.3 Å². The first kappa shape index (κ1) is 15.7. The Labute approximate surface area is 117 Å². The summed E-state index contributed by atoms with van der Waals surface area (Å²) in [5, 5.41) is 8.67. The van der Waals surface area contributed by atoms with Gasteiger partial charge in [-0.2, -0.15) is 5.10 Å². The summed E-state index contributed by atoms with van der Waals surface area (Å²) in [6, 6.07) is 0. The first-order valence-electron chi connectivity index (χ1n) is 6.28. The van der Waals surface area contributed by atoms with Crippen molar-refractivity contribution in [3.8, 4) is 0 Å². The highest BCUT2D eigenvalue weighted by atomic mass is 35.5. The number of aromatic nitrogens is 2. The number of nitrogens with one attached hydrogen (secondary N) is 1. The van der Waals surface area contributed by atoms with Crippen molar-refractivity contribution in [1.82, 2.24) is 15.1 Å². The zero-order valence-electron chi connectivity index (χ0n) is 11.5. The van der Waals surface area contributed by atoms with Crippen LogP contribution in [0.3, 0.4) is 0 Å². The fourth-order valence-corrected chi connectivity index (χ4v) is 2.39. The Morgan fingerprint density at radius 3 is 2.67 bits per heavy atom. The van der Waals surface area contributed by atoms with Gasteiger partial charge in [0.2, 0.25) is 0 Å². The van der Waals surface area contributed by atoms with E-state index in [4.69, 9.17) is 11.6 Å². The lowest BCUT2D eigenvalue weighted by Crippen LogP contribution is -2.28. The van der Waals surface area contributed by atoms with Crippen LogP contribution in [0, 0.1) is 0 Å². The van der Waals surface area contributed by atoms with Gasteiger partial charge in [0.25, 0.3) is 0 Å². The fraction of sp³-hybridized carbons (Fsp3) is 0.750. The van der Waals surface area contributed by atoms with Gasteiger partial charge in [-0.3, -0.25) is 8.89 Å². The molecule has 0 aliphatic rings. The minimum Gasteiger partial charge on any atom is -0.310 e. The van der Waals surface area contributed by atoms with Crippen molar-refractivity contribution in [2.75, 3.05) is 12.8 Å². The van der Waals surface area contributed by atoms with Gasteiger partial charge in [-0.25, -0.2) is 0 Å². The van der Waals surface area contributed by atoms with E-state index in [1.54, 1.807) is 6.26 Å². The molecule has 2 atom stereocenters. The van der Waals surface area contributed by atoms with Gasteiger partial charge in [0.1, 0.15) is 0 Å². The Morgan fingerprint density at radius 1 is 1.50 bits per heavy atom. The standard InChI is InChI=1S/C12H22ClN3OS/c1-5-10-12(13)11(16(6-2)15-10)8-14-7-9(3)18(4)17/h9,14H,5-8H2,1-4H3. The van der Waals surface area contributed by atoms with Crippen molar-refractivity contribution < 1.29 is 4.21 Å². The smallest absolute Gasteiger partial charge is 0.0863 e. The number of hydrogen-bond acceptors (Lipinski definition) is 3. The summed E-state index contributed by atoms with van der Waals surface area (Å²) in [5.74, 6) is 0. The van der Waals surface area contributed by atoms with Gasteiger partial charge in [0.15, 0.2) is 0 Å². The maximum absolute atomic E-state index is 11.3. The molecular weight excluding hydrogens is 270 g/mol. The van der Waals surface area contributed by atoms with Crippen molar-refractivity contribution in [2.45, 2.75) is 45.5 Å². The molecule has 4 nitrogen and oxygen atoms in total. The lowest BCUT2D eigenvalue weighted by molar-refractivity contribution is 0.575. The number of halogens is 1. The van der Waals surface area contributed by atoms with Crippen molar-refractivity contribution >= 4 is 22.4 Å². The zero-order chi connectivity index (χ0) is 13.7. The molecule has 0 saturated heterocycles. The Kier molecular flexibility index (Phi) is 6.32. The number of nitrogens with zero attached hydrogens (tertiary/aromatic N) is 2. The topological polar surface area (TPSA) is 46.9 Å². The van der Waals surface area contributed by atoms with Crippen molar-refractivity contribution in [1.29, 1.82) is 0 Å². The third-order valence-corrected chi connectivity index (χ3v) is 4.72. The molecule has 1 N–H and O–H groups in total. The third kappa shape index (κ3) is 3.80. The second-order valence-electron chi connectivity index (χ2n) is 4.32. The van der Waals surface area contributed by atoms with Crippen LogP contribution in [0.4, 0.5) is 0 Å². The molecule has 1 rings (SSSR count). The summed E-state index contributed by atoms with van der Waals surface area (Å²) in [6.07, 6.45) is 2.57. The van der Waals surface area contributed by atoms with E-state index in [9.17, 15) is 4.21 Å². The molecular formula is C12H22ClN3OS. The monoisotopic (exact) mass is 291 g/mol. The molecule has 0 saturated carbocycles. The molecule has 1 aromatic heterocycles. The molecule has 0 spiro atoms. The van der Waals surface area contributed by atoms with Crippen LogP contribution in [0.1, 0.15) is 32.2 Å². The van der Waals surface area contributed by atoms with E-state index in [2.05, 4.69) is 17.3 Å². The van der Waals surface area contributed by atoms with Crippen LogP contribution in [0.5, 0.6) is 0 Å². The molecule has 0 amide bonds. The molecule has 0 aliphatic carbocycles. The van der Waals surface area contributed by atoms with E-state index in [0.717, 1.165) is 35.9 Å². The number of hydrogen-bond donors (Lipinski definition) is 1.